The molecule has 4 rings (SSSR count). The van der Waals surface area contributed by atoms with Gasteiger partial charge in [0, 0.05) is 28.3 Å². The number of amides is 1. The first-order valence-corrected chi connectivity index (χ1v) is 12.5. The zero-order chi connectivity index (χ0) is 24.2. The fraction of sp³-hybridized carbons (Fsp3) is 0.250. The van der Waals surface area contributed by atoms with E-state index in [9.17, 15) is 4.79 Å². The Bertz CT molecular complexity index is 1240. The fourth-order valence-corrected chi connectivity index (χ4v) is 4.76. The molecule has 3 aromatic carbocycles. The quantitative estimate of drug-likeness (QED) is 0.276. The molecule has 176 valence electrons. The molecule has 0 N–H and O–H groups in total. The summed E-state index contributed by atoms with van der Waals surface area (Å²) in [6.45, 7) is 7.63. The van der Waals surface area contributed by atoms with Gasteiger partial charge in [0.25, 0.3) is 5.91 Å². The third-order valence-corrected chi connectivity index (χ3v) is 6.44. The van der Waals surface area contributed by atoms with Crippen molar-refractivity contribution in [2.24, 2.45) is 5.92 Å². The summed E-state index contributed by atoms with van der Waals surface area (Å²) in [7, 11) is 0. The van der Waals surface area contributed by atoms with Crippen LogP contribution in [0.15, 0.2) is 65.1 Å². The minimum Gasteiger partial charge on any atom is -0.490 e. The number of anilines is 1. The van der Waals surface area contributed by atoms with Gasteiger partial charge in [-0.2, -0.15) is 0 Å². The minimum atomic E-state index is 0.0167. The van der Waals surface area contributed by atoms with E-state index in [1.54, 1.807) is 0 Å². The number of benzene rings is 3. The molecule has 6 heteroatoms. The number of nitrogens with zero attached hydrogens (tertiary/aromatic N) is 1. The zero-order valence-corrected chi connectivity index (χ0v) is 21.8. The Hall–Kier alpha value is -2.76. The van der Waals surface area contributed by atoms with Crippen LogP contribution >= 0.6 is 27.5 Å². The van der Waals surface area contributed by atoms with Crippen LogP contribution in [0.1, 0.15) is 37.5 Å². The molecule has 1 aliphatic rings. The highest BCUT2D eigenvalue weighted by atomic mass is 79.9. The van der Waals surface area contributed by atoms with E-state index in [-0.39, 0.29) is 5.91 Å². The van der Waals surface area contributed by atoms with Gasteiger partial charge in [0.05, 0.1) is 16.8 Å². The summed E-state index contributed by atoms with van der Waals surface area (Å²) < 4.78 is 12.7. The molecule has 1 aliphatic heterocycles. The number of para-hydroxylation sites is 1. The van der Waals surface area contributed by atoms with E-state index in [0.29, 0.717) is 47.8 Å². The smallest absolute Gasteiger partial charge is 0.259 e. The Balaban J connectivity index is 1.68. The topological polar surface area (TPSA) is 38.8 Å². The average Bonchev–Trinajstić information content (AvgIpc) is 3.05. The van der Waals surface area contributed by atoms with Gasteiger partial charge >= 0.3 is 0 Å². The summed E-state index contributed by atoms with van der Waals surface area (Å²) in [5.41, 5.74) is 4.32. The van der Waals surface area contributed by atoms with Gasteiger partial charge in [-0.25, -0.2) is 0 Å². The molecule has 1 amide bonds. The molecule has 3 aromatic rings. The lowest BCUT2D eigenvalue weighted by Gasteiger charge is -2.19. The van der Waals surface area contributed by atoms with Gasteiger partial charge in [-0.1, -0.05) is 61.8 Å². The Labute approximate surface area is 214 Å². The number of hydrogen-bond donors (Lipinski definition) is 0. The lowest BCUT2D eigenvalue weighted by Crippen LogP contribution is -2.30. The van der Waals surface area contributed by atoms with Crippen LogP contribution < -0.4 is 14.4 Å². The van der Waals surface area contributed by atoms with Gasteiger partial charge in [-0.3, -0.25) is 4.79 Å². The van der Waals surface area contributed by atoms with Gasteiger partial charge in [0.1, 0.15) is 6.61 Å². The van der Waals surface area contributed by atoms with E-state index in [4.69, 9.17) is 21.1 Å². The van der Waals surface area contributed by atoms with E-state index in [2.05, 4.69) is 29.8 Å². The van der Waals surface area contributed by atoms with Crippen molar-refractivity contribution in [2.75, 3.05) is 18.1 Å². The third-order valence-electron chi connectivity index (χ3n) is 5.48. The third kappa shape index (κ3) is 5.16. The number of carbonyl (C=O) groups excluding carboxylic acids is 1. The Morgan fingerprint density at radius 3 is 2.53 bits per heavy atom. The minimum absolute atomic E-state index is 0.0167. The molecule has 0 aromatic heterocycles. The highest BCUT2D eigenvalue weighted by molar-refractivity contribution is 9.10. The van der Waals surface area contributed by atoms with Crippen LogP contribution in [-0.2, 0) is 11.4 Å². The van der Waals surface area contributed by atoms with Crippen LogP contribution in [0.3, 0.4) is 0 Å². The van der Waals surface area contributed by atoms with Crippen molar-refractivity contribution in [2.45, 2.75) is 27.4 Å². The van der Waals surface area contributed by atoms with Crippen LogP contribution in [0.5, 0.6) is 11.5 Å². The van der Waals surface area contributed by atoms with E-state index in [0.717, 1.165) is 26.9 Å². The number of hydrogen-bond acceptors (Lipinski definition) is 3. The molecule has 1 heterocycles. The molecule has 0 bridgehead atoms. The highest BCUT2D eigenvalue weighted by Crippen LogP contribution is 2.41. The Morgan fingerprint density at radius 1 is 1.06 bits per heavy atom. The maximum absolute atomic E-state index is 13.3. The first kappa shape index (κ1) is 24.4. The molecular weight excluding hydrogens is 514 g/mol. The predicted molar refractivity (Wildman–Crippen MR) is 143 cm³/mol. The van der Waals surface area contributed by atoms with E-state index in [1.165, 1.54) is 0 Å². The summed E-state index contributed by atoms with van der Waals surface area (Å²) in [6.07, 6.45) is 1.92. The largest absolute Gasteiger partial charge is 0.490 e. The Kier molecular flexibility index (Phi) is 7.64. The maximum Gasteiger partial charge on any atom is 0.259 e. The summed E-state index contributed by atoms with van der Waals surface area (Å²) in [4.78, 5) is 15.2. The molecule has 0 saturated heterocycles. The summed E-state index contributed by atoms with van der Waals surface area (Å²) in [5, 5.41) is 0.655. The average molecular weight is 541 g/mol. The van der Waals surface area contributed by atoms with Crippen LogP contribution in [0, 0.1) is 5.92 Å². The number of rotatable bonds is 8. The first-order valence-electron chi connectivity index (χ1n) is 11.3. The standard InChI is InChI=1S/C28H27BrClNO3/c1-4-33-26-15-19(14-23(29)27(26)34-17-20-9-5-7-11-24(20)30)13-22-21-10-6-8-12-25(21)31(28(22)32)16-18(2)3/h5-15,18H,4,16-17H2,1-3H3/b22-13-. The van der Waals surface area contributed by atoms with Crippen LogP contribution in [0.25, 0.3) is 11.6 Å². The van der Waals surface area contributed by atoms with Crippen LogP contribution in [-0.4, -0.2) is 19.1 Å². The lowest BCUT2D eigenvalue weighted by molar-refractivity contribution is -0.113. The second-order valence-corrected chi connectivity index (χ2v) is 9.79. The normalized spacial score (nSPS) is 14.1. The monoisotopic (exact) mass is 539 g/mol. The van der Waals surface area contributed by atoms with Gasteiger partial charge in [0.15, 0.2) is 11.5 Å². The van der Waals surface area contributed by atoms with Crippen molar-refractivity contribution in [1.29, 1.82) is 0 Å². The molecule has 4 nitrogen and oxygen atoms in total. The molecule has 0 atom stereocenters. The number of fused-ring (bicyclic) bond motifs is 1. The molecule has 0 aliphatic carbocycles. The lowest BCUT2D eigenvalue weighted by atomic mass is 10.0. The van der Waals surface area contributed by atoms with Gasteiger partial charge in [-0.15, -0.1) is 0 Å². The fourth-order valence-electron chi connectivity index (χ4n) is 4.00. The second kappa shape index (κ2) is 10.7. The van der Waals surface area contributed by atoms with Crippen molar-refractivity contribution in [3.8, 4) is 11.5 Å². The summed E-state index contributed by atoms with van der Waals surface area (Å²) in [6, 6.07) is 19.4. The molecule has 0 unspecified atom stereocenters. The number of ether oxygens (including phenoxy) is 2. The van der Waals surface area contributed by atoms with Crippen molar-refractivity contribution >= 4 is 50.8 Å². The number of carbonyl (C=O) groups is 1. The predicted octanol–water partition coefficient (Wildman–Crippen LogP) is 7.62. The van der Waals surface area contributed by atoms with Crippen molar-refractivity contribution in [3.63, 3.8) is 0 Å². The summed E-state index contributed by atoms with van der Waals surface area (Å²) >= 11 is 9.92. The van der Waals surface area contributed by atoms with Gasteiger partial charge < -0.3 is 14.4 Å². The van der Waals surface area contributed by atoms with Gasteiger partial charge in [0.2, 0.25) is 0 Å². The molecule has 0 radical (unpaired) electrons. The second-order valence-electron chi connectivity index (χ2n) is 8.53. The molecular formula is C28H27BrClNO3. The van der Waals surface area contributed by atoms with E-state index < -0.39 is 0 Å². The zero-order valence-electron chi connectivity index (χ0n) is 19.5. The molecule has 34 heavy (non-hydrogen) atoms. The molecule has 0 spiro atoms. The SMILES string of the molecule is CCOc1cc(/C=C2\C(=O)N(CC(C)C)c3ccccc32)cc(Br)c1OCc1ccccc1Cl. The van der Waals surface area contributed by atoms with Crippen molar-refractivity contribution < 1.29 is 14.3 Å². The summed E-state index contributed by atoms with van der Waals surface area (Å²) in [5.74, 6) is 1.59. The van der Waals surface area contributed by atoms with Crippen LogP contribution in [0.2, 0.25) is 5.02 Å². The van der Waals surface area contributed by atoms with Crippen LogP contribution in [0.4, 0.5) is 5.69 Å². The van der Waals surface area contributed by atoms with E-state index >= 15 is 0 Å². The molecule has 0 fully saturated rings. The molecule has 0 saturated carbocycles. The van der Waals surface area contributed by atoms with Gasteiger partial charge in [-0.05, 0) is 64.7 Å². The van der Waals surface area contributed by atoms with Crippen molar-refractivity contribution in [3.05, 3.63) is 86.8 Å². The maximum atomic E-state index is 13.3. The van der Waals surface area contributed by atoms with E-state index in [1.807, 2.05) is 78.6 Å². The highest BCUT2D eigenvalue weighted by Gasteiger charge is 2.32. The Morgan fingerprint density at radius 2 is 1.79 bits per heavy atom. The van der Waals surface area contributed by atoms with Crippen molar-refractivity contribution in [1.82, 2.24) is 0 Å². The number of halogens is 2. The first-order chi connectivity index (χ1) is 16.4.